The third kappa shape index (κ3) is 3.98. The summed E-state index contributed by atoms with van der Waals surface area (Å²) in [6, 6.07) is 1.04. The van der Waals surface area contributed by atoms with Gasteiger partial charge in [-0.15, -0.1) is 0 Å². The van der Waals surface area contributed by atoms with Crippen LogP contribution in [0.2, 0.25) is 0 Å². The van der Waals surface area contributed by atoms with E-state index in [0.29, 0.717) is 6.07 Å². The van der Waals surface area contributed by atoms with Gasteiger partial charge >= 0.3 is 0 Å². The SMILES string of the molecule is CC(CS(C)=O)NC(=O)c1cc(F)cc([N+](=O)[O-])c1N. The molecule has 2 atom stereocenters. The van der Waals surface area contributed by atoms with Gasteiger partial charge in [-0.3, -0.25) is 19.1 Å². The molecule has 2 unspecified atom stereocenters. The van der Waals surface area contributed by atoms with Gasteiger partial charge in [0.2, 0.25) is 0 Å². The number of nitrogens with zero attached hydrogens (tertiary/aromatic N) is 1. The van der Waals surface area contributed by atoms with Gasteiger partial charge in [-0.05, 0) is 13.0 Å². The first-order valence-electron chi connectivity index (χ1n) is 5.56. The summed E-state index contributed by atoms with van der Waals surface area (Å²) in [5.74, 6) is -1.46. The van der Waals surface area contributed by atoms with Crippen molar-refractivity contribution in [2.45, 2.75) is 13.0 Å². The minimum absolute atomic E-state index is 0.211. The molecule has 0 aliphatic carbocycles. The highest BCUT2D eigenvalue weighted by Gasteiger charge is 2.22. The van der Waals surface area contributed by atoms with Gasteiger partial charge in [0.25, 0.3) is 11.6 Å². The molecule has 110 valence electrons. The number of nitro groups is 1. The van der Waals surface area contributed by atoms with Crippen LogP contribution in [0.5, 0.6) is 0 Å². The molecule has 1 amide bonds. The fourth-order valence-corrected chi connectivity index (χ4v) is 2.43. The quantitative estimate of drug-likeness (QED) is 0.474. The molecule has 1 aromatic carbocycles. The maximum Gasteiger partial charge on any atom is 0.295 e. The molecule has 0 spiro atoms. The lowest BCUT2D eigenvalue weighted by Gasteiger charge is -2.13. The molecule has 0 saturated carbocycles. The number of nitrogen functional groups attached to an aromatic ring is 1. The van der Waals surface area contributed by atoms with Crippen molar-refractivity contribution in [1.82, 2.24) is 5.32 Å². The molecule has 0 fully saturated rings. The lowest BCUT2D eigenvalue weighted by molar-refractivity contribution is -0.384. The minimum Gasteiger partial charge on any atom is -0.393 e. The molecule has 0 heterocycles. The Morgan fingerprint density at radius 3 is 2.70 bits per heavy atom. The maximum atomic E-state index is 13.3. The smallest absolute Gasteiger partial charge is 0.295 e. The van der Waals surface area contributed by atoms with Gasteiger partial charge in [-0.25, -0.2) is 4.39 Å². The molecule has 1 aromatic rings. The molecule has 7 nitrogen and oxygen atoms in total. The number of halogens is 1. The normalized spacial score (nSPS) is 13.6. The lowest BCUT2D eigenvalue weighted by atomic mass is 10.1. The fraction of sp³-hybridized carbons (Fsp3) is 0.364. The van der Waals surface area contributed by atoms with E-state index in [0.717, 1.165) is 6.07 Å². The Hall–Kier alpha value is -2.03. The second-order valence-electron chi connectivity index (χ2n) is 4.26. The van der Waals surface area contributed by atoms with Crippen molar-refractivity contribution in [3.63, 3.8) is 0 Å². The van der Waals surface area contributed by atoms with Crippen LogP contribution in [0.15, 0.2) is 12.1 Å². The van der Waals surface area contributed by atoms with Crippen LogP contribution in [0.3, 0.4) is 0 Å². The van der Waals surface area contributed by atoms with Gasteiger partial charge in [0.05, 0.1) is 16.6 Å². The highest BCUT2D eigenvalue weighted by molar-refractivity contribution is 7.84. The van der Waals surface area contributed by atoms with Crippen LogP contribution in [0, 0.1) is 15.9 Å². The van der Waals surface area contributed by atoms with Gasteiger partial charge in [0, 0.05) is 28.9 Å². The first kappa shape index (κ1) is 16.0. The highest BCUT2D eigenvalue weighted by Crippen LogP contribution is 2.26. The molecule has 20 heavy (non-hydrogen) atoms. The summed E-state index contributed by atoms with van der Waals surface area (Å²) in [6.45, 7) is 1.61. The van der Waals surface area contributed by atoms with Crippen LogP contribution in [-0.4, -0.2) is 33.1 Å². The molecule has 0 radical (unpaired) electrons. The number of carbonyl (C=O) groups excluding carboxylic acids is 1. The predicted octanol–water partition coefficient (Wildman–Crippen LogP) is 0.813. The summed E-state index contributed by atoms with van der Waals surface area (Å²) in [6.07, 6.45) is 1.48. The zero-order valence-corrected chi connectivity index (χ0v) is 11.7. The summed E-state index contributed by atoms with van der Waals surface area (Å²) in [4.78, 5) is 21.7. The van der Waals surface area contributed by atoms with Gasteiger partial charge in [-0.1, -0.05) is 0 Å². The average Bonchev–Trinajstić information content (AvgIpc) is 2.29. The number of nitrogens with two attached hydrogens (primary N) is 1. The molecular weight excluding hydrogens is 289 g/mol. The molecule has 9 heteroatoms. The largest absolute Gasteiger partial charge is 0.393 e. The van der Waals surface area contributed by atoms with Crippen molar-refractivity contribution >= 4 is 28.1 Å². The second-order valence-corrected chi connectivity index (χ2v) is 5.74. The summed E-state index contributed by atoms with van der Waals surface area (Å²) < 4.78 is 24.3. The number of hydrogen-bond donors (Lipinski definition) is 2. The molecular formula is C11H14FN3O4S. The number of nitrogens with one attached hydrogen (secondary N) is 1. The topological polar surface area (TPSA) is 115 Å². The molecule has 1 rings (SSSR count). The summed E-state index contributed by atoms with van der Waals surface area (Å²) in [5, 5.41) is 13.2. The summed E-state index contributed by atoms with van der Waals surface area (Å²) in [7, 11) is -1.12. The Labute approximate surface area is 117 Å². The van der Waals surface area contributed by atoms with E-state index in [9.17, 15) is 23.5 Å². The van der Waals surface area contributed by atoms with Crippen molar-refractivity contribution in [2.75, 3.05) is 17.7 Å². The molecule has 0 aliphatic rings. The zero-order chi connectivity index (χ0) is 15.4. The average molecular weight is 303 g/mol. The standard InChI is InChI=1S/C11H14FN3O4S/c1-6(5-20(2)19)14-11(16)8-3-7(12)4-9(10(8)13)15(17)18/h3-4,6H,5,13H2,1-2H3,(H,14,16). The van der Waals surface area contributed by atoms with E-state index >= 15 is 0 Å². The van der Waals surface area contributed by atoms with Gasteiger partial charge in [-0.2, -0.15) is 0 Å². The fourth-order valence-electron chi connectivity index (χ4n) is 1.64. The van der Waals surface area contributed by atoms with E-state index in [4.69, 9.17) is 5.73 Å². The van der Waals surface area contributed by atoms with Crippen LogP contribution in [0.25, 0.3) is 0 Å². The van der Waals surface area contributed by atoms with Crippen molar-refractivity contribution in [2.24, 2.45) is 0 Å². The van der Waals surface area contributed by atoms with E-state index < -0.39 is 44.9 Å². The van der Waals surface area contributed by atoms with Gasteiger partial charge < -0.3 is 11.1 Å². The number of nitro benzene ring substituents is 1. The lowest BCUT2D eigenvalue weighted by Crippen LogP contribution is -2.36. The van der Waals surface area contributed by atoms with Crippen molar-refractivity contribution < 1.29 is 18.3 Å². The van der Waals surface area contributed by atoms with Crippen LogP contribution in [-0.2, 0) is 10.8 Å². The number of hydrogen-bond acceptors (Lipinski definition) is 5. The Morgan fingerprint density at radius 1 is 1.60 bits per heavy atom. The molecule has 3 N–H and O–H groups in total. The first-order valence-corrected chi connectivity index (χ1v) is 7.29. The number of benzene rings is 1. The third-order valence-corrected chi connectivity index (χ3v) is 3.40. The van der Waals surface area contributed by atoms with E-state index in [2.05, 4.69) is 5.32 Å². The number of rotatable bonds is 5. The van der Waals surface area contributed by atoms with Crippen LogP contribution in [0.1, 0.15) is 17.3 Å². The molecule has 0 saturated heterocycles. The van der Waals surface area contributed by atoms with Crippen LogP contribution >= 0.6 is 0 Å². The molecule has 0 aliphatic heterocycles. The Bertz CT molecular complexity index is 579. The van der Waals surface area contributed by atoms with E-state index in [1.165, 1.54) is 6.26 Å². The maximum absolute atomic E-state index is 13.3. The Balaban J connectivity index is 3.04. The van der Waals surface area contributed by atoms with Gasteiger partial charge in [0.1, 0.15) is 11.5 Å². The Kier molecular flexibility index (Phi) is 5.14. The van der Waals surface area contributed by atoms with E-state index in [1.807, 2.05) is 0 Å². The van der Waals surface area contributed by atoms with Crippen LogP contribution < -0.4 is 11.1 Å². The number of carbonyl (C=O) groups is 1. The Morgan fingerprint density at radius 2 is 2.20 bits per heavy atom. The monoisotopic (exact) mass is 303 g/mol. The highest BCUT2D eigenvalue weighted by atomic mass is 32.2. The van der Waals surface area contributed by atoms with E-state index in [-0.39, 0.29) is 11.3 Å². The first-order chi connectivity index (χ1) is 9.22. The second kappa shape index (κ2) is 6.42. The van der Waals surface area contributed by atoms with E-state index in [1.54, 1.807) is 6.92 Å². The molecule has 0 aromatic heterocycles. The van der Waals surface area contributed by atoms with Gasteiger partial charge in [0.15, 0.2) is 0 Å². The minimum atomic E-state index is -1.12. The van der Waals surface area contributed by atoms with Crippen molar-refractivity contribution in [3.05, 3.63) is 33.6 Å². The van der Waals surface area contributed by atoms with Crippen molar-refractivity contribution in [3.8, 4) is 0 Å². The van der Waals surface area contributed by atoms with Crippen LogP contribution in [0.4, 0.5) is 15.8 Å². The van der Waals surface area contributed by atoms with Crippen molar-refractivity contribution in [1.29, 1.82) is 0 Å². The summed E-state index contributed by atoms with van der Waals surface area (Å²) >= 11 is 0. The summed E-state index contributed by atoms with van der Waals surface area (Å²) in [5.41, 5.74) is 4.12. The number of amides is 1. The zero-order valence-electron chi connectivity index (χ0n) is 10.9. The predicted molar refractivity (Wildman–Crippen MR) is 73.3 cm³/mol. The molecule has 0 bridgehead atoms. The third-order valence-electron chi connectivity index (χ3n) is 2.43. The number of anilines is 1.